The van der Waals surface area contributed by atoms with Crippen LogP contribution in [0.25, 0.3) is 10.9 Å². The zero-order valence-electron chi connectivity index (χ0n) is 20.8. The Morgan fingerprint density at radius 3 is 2.50 bits per heavy atom. The molecule has 0 amide bonds. The second-order valence-electron chi connectivity index (χ2n) is 9.39. The molecule has 194 valence electrons. The first-order chi connectivity index (χ1) is 17.0. The highest BCUT2D eigenvalue weighted by atomic mass is 79.9. The van der Waals surface area contributed by atoms with E-state index in [4.69, 9.17) is 4.74 Å². The Hall–Kier alpha value is -1.67. The quantitative estimate of drug-likeness (QED) is 0.261. The zero-order valence-corrected chi connectivity index (χ0v) is 24.1. The highest BCUT2D eigenvalue weighted by molar-refractivity contribution is 9.10. The lowest BCUT2D eigenvalue weighted by atomic mass is 10.00. The number of likely N-dealkylation sites (tertiary alicyclic amines) is 1. The van der Waals surface area contributed by atoms with Gasteiger partial charge in [-0.25, -0.2) is 4.79 Å². The minimum absolute atomic E-state index is 0. The van der Waals surface area contributed by atoms with E-state index in [1.165, 1.54) is 18.4 Å². The van der Waals surface area contributed by atoms with Crippen molar-refractivity contribution in [1.29, 1.82) is 0 Å². The highest BCUT2D eigenvalue weighted by Gasteiger charge is 2.38. The fourth-order valence-corrected chi connectivity index (χ4v) is 6.89. The monoisotopic (exact) mass is 592 g/mol. The van der Waals surface area contributed by atoms with Crippen LogP contribution in [0.2, 0.25) is 0 Å². The third kappa shape index (κ3) is 5.17. The largest absolute Gasteiger partial charge is 0.506 e. The van der Waals surface area contributed by atoms with Crippen LogP contribution < -0.4 is 0 Å². The van der Waals surface area contributed by atoms with Crippen molar-refractivity contribution in [2.24, 2.45) is 0 Å². The molecule has 1 aliphatic carbocycles. The fourth-order valence-electron chi connectivity index (χ4n) is 5.36. The normalized spacial score (nSPS) is 16.8. The van der Waals surface area contributed by atoms with Crippen molar-refractivity contribution in [2.75, 3.05) is 25.4 Å². The van der Waals surface area contributed by atoms with Gasteiger partial charge >= 0.3 is 5.97 Å². The maximum atomic E-state index is 13.7. The molecule has 5 nitrogen and oxygen atoms in total. The molecule has 2 fully saturated rings. The Morgan fingerprint density at radius 1 is 1.19 bits per heavy atom. The first-order valence-corrected chi connectivity index (χ1v) is 14.5. The lowest BCUT2D eigenvalue weighted by Crippen LogP contribution is -2.19. The standard InChI is InChI=1S/C28H33BrN2O3S.ClH/c1-3-34-28(33)24-23-20(17-30-14-8-9-15-30)26(32)21(29)16-22(23)31(19-12-13-19)25(24)27(35-4-2)18-10-6-5-7-11-18;/h5-7,10-11,16,19,27,32H,3-4,8-9,12-15,17H2,1-2H3;1H. The van der Waals surface area contributed by atoms with Crippen molar-refractivity contribution in [2.45, 2.75) is 57.4 Å². The molecule has 1 aliphatic heterocycles. The number of ether oxygens (including phenoxy) is 1. The van der Waals surface area contributed by atoms with Crippen LogP contribution in [0.3, 0.4) is 0 Å². The van der Waals surface area contributed by atoms with Crippen LogP contribution in [0.4, 0.5) is 0 Å². The smallest absolute Gasteiger partial charge is 0.340 e. The Kier molecular flexibility index (Phi) is 8.97. The van der Waals surface area contributed by atoms with Gasteiger partial charge in [0.15, 0.2) is 0 Å². The summed E-state index contributed by atoms with van der Waals surface area (Å²) in [6.45, 7) is 6.98. The van der Waals surface area contributed by atoms with Gasteiger partial charge in [0.1, 0.15) is 5.75 Å². The molecule has 5 rings (SSSR count). The maximum Gasteiger partial charge on any atom is 0.340 e. The number of esters is 1. The third-order valence-corrected chi connectivity index (χ3v) is 8.78. The van der Waals surface area contributed by atoms with E-state index in [0.717, 1.165) is 53.8 Å². The molecule has 2 heterocycles. The number of aromatic hydroxyl groups is 1. The van der Waals surface area contributed by atoms with E-state index in [1.54, 1.807) is 0 Å². The lowest BCUT2D eigenvalue weighted by molar-refractivity contribution is 0.0527. The molecule has 36 heavy (non-hydrogen) atoms. The number of hydrogen-bond acceptors (Lipinski definition) is 5. The van der Waals surface area contributed by atoms with Gasteiger partial charge in [0, 0.05) is 23.5 Å². The van der Waals surface area contributed by atoms with E-state index < -0.39 is 0 Å². The molecule has 1 saturated carbocycles. The van der Waals surface area contributed by atoms with Gasteiger partial charge in [0.2, 0.25) is 0 Å². The molecule has 2 aliphatic rings. The summed E-state index contributed by atoms with van der Waals surface area (Å²) in [6, 6.07) is 12.8. The first-order valence-electron chi connectivity index (χ1n) is 12.7. The molecule has 1 saturated heterocycles. The van der Waals surface area contributed by atoms with Gasteiger partial charge in [-0.3, -0.25) is 4.90 Å². The van der Waals surface area contributed by atoms with E-state index >= 15 is 0 Å². The molecule has 1 aromatic heterocycles. The Morgan fingerprint density at radius 2 is 1.89 bits per heavy atom. The van der Waals surface area contributed by atoms with Crippen molar-refractivity contribution in [3.63, 3.8) is 0 Å². The number of hydrogen-bond donors (Lipinski definition) is 1. The van der Waals surface area contributed by atoms with E-state index in [2.05, 4.69) is 56.6 Å². The number of halogens is 2. The predicted octanol–water partition coefficient (Wildman–Crippen LogP) is 7.48. The lowest BCUT2D eigenvalue weighted by Gasteiger charge is -2.21. The van der Waals surface area contributed by atoms with Crippen molar-refractivity contribution >= 4 is 57.0 Å². The number of fused-ring (bicyclic) bond motifs is 1. The third-order valence-electron chi connectivity index (χ3n) is 7.01. The molecule has 0 radical (unpaired) electrons. The number of carbonyl (C=O) groups is 1. The zero-order chi connectivity index (χ0) is 24.5. The summed E-state index contributed by atoms with van der Waals surface area (Å²) < 4.78 is 8.75. The second kappa shape index (κ2) is 11.8. The summed E-state index contributed by atoms with van der Waals surface area (Å²) >= 11 is 5.47. The molecule has 0 bridgehead atoms. The number of carbonyl (C=O) groups excluding carboxylic acids is 1. The number of aromatic nitrogens is 1. The molecule has 1 N–H and O–H groups in total. The Balaban J connectivity index is 0.00000304. The van der Waals surface area contributed by atoms with Gasteiger partial charge in [0.05, 0.1) is 33.1 Å². The number of nitrogens with zero attached hydrogens (tertiary/aromatic N) is 2. The predicted molar refractivity (Wildman–Crippen MR) is 154 cm³/mol. The summed E-state index contributed by atoms with van der Waals surface area (Å²) in [4.78, 5) is 16.1. The molecular weight excluding hydrogens is 560 g/mol. The SMILES string of the molecule is CCOC(=O)c1c(C(SCC)c2ccccc2)n(C2CC2)c2cc(Br)c(O)c(CN3CCCC3)c12.Cl. The molecule has 8 heteroatoms. The first kappa shape index (κ1) is 27.4. The minimum Gasteiger partial charge on any atom is -0.506 e. The van der Waals surface area contributed by atoms with Gasteiger partial charge < -0.3 is 14.4 Å². The van der Waals surface area contributed by atoms with E-state index in [-0.39, 0.29) is 29.4 Å². The topological polar surface area (TPSA) is 54.7 Å². The van der Waals surface area contributed by atoms with Crippen molar-refractivity contribution in [3.05, 3.63) is 63.3 Å². The number of phenols is 1. The molecule has 0 spiro atoms. The molecule has 2 aromatic carbocycles. The van der Waals surface area contributed by atoms with Crippen LogP contribution in [0.15, 0.2) is 40.9 Å². The van der Waals surface area contributed by atoms with Crippen LogP contribution >= 0.6 is 40.1 Å². The molecular formula is C28H34BrClN2O3S. The highest BCUT2D eigenvalue weighted by Crippen LogP contribution is 2.50. The fraction of sp³-hybridized carbons (Fsp3) is 0.464. The van der Waals surface area contributed by atoms with E-state index in [0.29, 0.717) is 29.2 Å². The van der Waals surface area contributed by atoms with Crippen LogP contribution in [0, 0.1) is 0 Å². The van der Waals surface area contributed by atoms with Crippen LogP contribution in [0.5, 0.6) is 5.75 Å². The van der Waals surface area contributed by atoms with Crippen LogP contribution in [0.1, 0.15) is 78.0 Å². The van der Waals surface area contributed by atoms with Gasteiger partial charge in [-0.1, -0.05) is 37.3 Å². The average Bonchev–Trinajstić information content (AvgIpc) is 3.45. The average molecular weight is 594 g/mol. The Labute approximate surface area is 232 Å². The number of benzene rings is 2. The second-order valence-corrected chi connectivity index (χ2v) is 11.6. The summed E-state index contributed by atoms with van der Waals surface area (Å²) in [5, 5.41) is 12.1. The van der Waals surface area contributed by atoms with Gasteiger partial charge in [-0.2, -0.15) is 0 Å². The van der Waals surface area contributed by atoms with Crippen LogP contribution in [-0.2, 0) is 11.3 Å². The number of phenolic OH excluding ortho intramolecular Hbond substituents is 1. The number of rotatable bonds is 9. The molecule has 1 unspecified atom stereocenters. The Bertz CT molecular complexity index is 1220. The van der Waals surface area contributed by atoms with Gasteiger partial charge in [-0.15, -0.1) is 24.2 Å². The maximum absolute atomic E-state index is 13.7. The van der Waals surface area contributed by atoms with Gasteiger partial charge in [0.25, 0.3) is 0 Å². The summed E-state index contributed by atoms with van der Waals surface area (Å²) in [5.74, 6) is 0.853. The van der Waals surface area contributed by atoms with E-state index in [1.807, 2.05) is 30.8 Å². The summed E-state index contributed by atoms with van der Waals surface area (Å²) in [7, 11) is 0. The van der Waals surface area contributed by atoms with Crippen molar-refractivity contribution < 1.29 is 14.6 Å². The minimum atomic E-state index is -0.297. The number of thioether (sulfide) groups is 1. The summed E-state index contributed by atoms with van der Waals surface area (Å²) in [5.41, 5.74) is 4.66. The van der Waals surface area contributed by atoms with Crippen molar-refractivity contribution in [1.82, 2.24) is 9.47 Å². The summed E-state index contributed by atoms with van der Waals surface area (Å²) in [6.07, 6.45) is 4.52. The van der Waals surface area contributed by atoms with Crippen LogP contribution in [-0.4, -0.2) is 46.0 Å². The molecule has 1 atom stereocenters. The van der Waals surface area contributed by atoms with E-state index in [9.17, 15) is 9.90 Å². The van der Waals surface area contributed by atoms with Gasteiger partial charge in [-0.05, 0) is 79.0 Å². The molecule has 3 aromatic rings. The van der Waals surface area contributed by atoms with Crippen molar-refractivity contribution in [3.8, 4) is 5.75 Å².